The number of methoxy groups -OCH3 is 1. The standard InChI is InChI=1S/C5H12N2O4S/c1-3(6)4(5(8)11-2)7-12(9)10/h3-4,7H,6H2,1-2H3,(H,9,10). The second-order valence-corrected chi connectivity index (χ2v) is 2.96. The number of esters is 1. The molecule has 0 saturated carbocycles. The highest BCUT2D eigenvalue weighted by Gasteiger charge is 2.24. The lowest BCUT2D eigenvalue weighted by Gasteiger charge is -2.16. The van der Waals surface area contributed by atoms with Gasteiger partial charge < -0.3 is 10.5 Å². The topological polar surface area (TPSA) is 102 Å². The summed E-state index contributed by atoms with van der Waals surface area (Å²) in [5.41, 5.74) is 5.35. The van der Waals surface area contributed by atoms with E-state index in [-0.39, 0.29) is 0 Å². The Balaban J connectivity index is 4.23. The maximum Gasteiger partial charge on any atom is 0.325 e. The number of carbonyl (C=O) groups is 1. The summed E-state index contributed by atoms with van der Waals surface area (Å²) < 4.78 is 25.1. The fraction of sp³-hybridized carbons (Fsp3) is 0.800. The Labute approximate surface area is 72.9 Å². The summed E-state index contributed by atoms with van der Waals surface area (Å²) in [7, 11) is 1.18. The molecule has 0 aliphatic carbocycles. The second-order valence-electron chi connectivity index (χ2n) is 2.23. The van der Waals surface area contributed by atoms with Crippen LogP contribution >= 0.6 is 0 Å². The van der Waals surface area contributed by atoms with Gasteiger partial charge in [-0.3, -0.25) is 9.35 Å². The zero-order chi connectivity index (χ0) is 9.72. The van der Waals surface area contributed by atoms with Gasteiger partial charge in [0.05, 0.1) is 7.11 Å². The van der Waals surface area contributed by atoms with Gasteiger partial charge in [-0.1, -0.05) is 0 Å². The van der Waals surface area contributed by atoms with Crippen LogP contribution in [0.15, 0.2) is 0 Å². The number of nitrogens with one attached hydrogen (secondary N) is 1. The molecule has 72 valence electrons. The van der Waals surface area contributed by atoms with E-state index in [0.29, 0.717) is 0 Å². The van der Waals surface area contributed by atoms with Crippen molar-refractivity contribution in [3.63, 3.8) is 0 Å². The smallest absolute Gasteiger partial charge is 0.325 e. The molecule has 0 aromatic carbocycles. The molecule has 0 fully saturated rings. The average Bonchev–Trinajstić information content (AvgIpc) is 1.98. The Hall–Kier alpha value is -0.500. The van der Waals surface area contributed by atoms with E-state index in [1.165, 1.54) is 14.0 Å². The lowest BCUT2D eigenvalue weighted by molar-refractivity contribution is -0.143. The van der Waals surface area contributed by atoms with Crippen molar-refractivity contribution in [1.29, 1.82) is 0 Å². The summed E-state index contributed by atoms with van der Waals surface area (Å²) in [6.07, 6.45) is 0. The first-order chi connectivity index (χ1) is 5.49. The molecule has 7 heteroatoms. The Bertz CT molecular complexity index is 184. The van der Waals surface area contributed by atoms with E-state index < -0.39 is 29.3 Å². The van der Waals surface area contributed by atoms with Crippen molar-refractivity contribution in [1.82, 2.24) is 4.72 Å². The Morgan fingerprint density at radius 3 is 2.50 bits per heavy atom. The molecule has 0 bridgehead atoms. The van der Waals surface area contributed by atoms with Gasteiger partial charge in [0, 0.05) is 6.04 Å². The highest BCUT2D eigenvalue weighted by atomic mass is 32.2. The van der Waals surface area contributed by atoms with Crippen LogP contribution in [0.4, 0.5) is 0 Å². The number of rotatable bonds is 4. The molecule has 0 aliphatic heterocycles. The van der Waals surface area contributed by atoms with Gasteiger partial charge in [-0.25, -0.2) is 4.21 Å². The summed E-state index contributed by atoms with van der Waals surface area (Å²) in [5.74, 6) is -0.660. The molecule has 0 aromatic rings. The molecule has 6 nitrogen and oxygen atoms in total. The molecule has 4 N–H and O–H groups in total. The molecule has 0 amide bonds. The molecule has 3 unspecified atom stereocenters. The molecule has 0 radical (unpaired) electrons. The molecule has 3 atom stereocenters. The maximum absolute atomic E-state index is 10.9. The van der Waals surface area contributed by atoms with Crippen LogP contribution < -0.4 is 10.5 Å². The van der Waals surface area contributed by atoms with Crippen LogP contribution in [0.1, 0.15) is 6.92 Å². The van der Waals surface area contributed by atoms with E-state index in [9.17, 15) is 9.00 Å². The molecule has 0 aromatic heterocycles. The van der Waals surface area contributed by atoms with Crippen LogP contribution in [0.2, 0.25) is 0 Å². The van der Waals surface area contributed by atoms with Crippen molar-refractivity contribution in [3.05, 3.63) is 0 Å². The van der Waals surface area contributed by atoms with Crippen LogP contribution in [0, 0.1) is 0 Å². The third kappa shape index (κ3) is 3.77. The fourth-order valence-electron chi connectivity index (χ4n) is 0.606. The van der Waals surface area contributed by atoms with Gasteiger partial charge in [0.25, 0.3) is 0 Å². The van der Waals surface area contributed by atoms with Gasteiger partial charge in [-0.15, -0.1) is 0 Å². The van der Waals surface area contributed by atoms with Crippen LogP contribution in [0.5, 0.6) is 0 Å². The highest BCUT2D eigenvalue weighted by Crippen LogP contribution is 1.93. The monoisotopic (exact) mass is 196 g/mol. The molecule has 0 heterocycles. The van der Waals surface area contributed by atoms with E-state index >= 15 is 0 Å². The summed E-state index contributed by atoms with van der Waals surface area (Å²) >= 11 is -2.27. The van der Waals surface area contributed by atoms with E-state index in [0.717, 1.165) is 0 Å². The maximum atomic E-state index is 10.9. The minimum Gasteiger partial charge on any atom is -0.468 e. The Morgan fingerprint density at radius 1 is 1.75 bits per heavy atom. The number of nitrogens with two attached hydrogens (primary N) is 1. The predicted molar refractivity (Wildman–Crippen MR) is 43.4 cm³/mol. The number of carbonyl (C=O) groups excluding carboxylic acids is 1. The van der Waals surface area contributed by atoms with Crippen molar-refractivity contribution in [2.75, 3.05) is 7.11 Å². The van der Waals surface area contributed by atoms with Crippen molar-refractivity contribution < 1.29 is 18.3 Å². The molecule has 0 rings (SSSR count). The van der Waals surface area contributed by atoms with Gasteiger partial charge in [-0.2, -0.15) is 4.72 Å². The first-order valence-electron chi connectivity index (χ1n) is 3.19. The molecule has 12 heavy (non-hydrogen) atoms. The fourth-order valence-corrected chi connectivity index (χ4v) is 1.13. The zero-order valence-corrected chi connectivity index (χ0v) is 7.63. The summed E-state index contributed by atoms with van der Waals surface area (Å²) in [6.45, 7) is 1.53. The lowest BCUT2D eigenvalue weighted by Crippen LogP contribution is -2.49. The normalized spacial score (nSPS) is 18.0. The van der Waals surface area contributed by atoms with Crippen LogP contribution in [-0.2, 0) is 20.8 Å². The molecule has 0 aliphatic rings. The van der Waals surface area contributed by atoms with E-state index in [1.807, 2.05) is 0 Å². The first-order valence-corrected chi connectivity index (χ1v) is 4.30. The van der Waals surface area contributed by atoms with Crippen molar-refractivity contribution in [2.45, 2.75) is 19.0 Å². The van der Waals surface area contributed by atoms with Gasteiger partial charge in [0.1, 0.15) is 6.04 Å². The van der Waals surface area contributed by atoms with Gasteiger partial charge in [-0.05, 0) is 6.92 Å². The third-order valence-corrected chi connectivity index (χ3v) is 1.66. The minimum absolute atomic E-state index is 0.589. The van der Waals surface area contributed by atoms with Gasteiger partial charge >= 0.3 is 5.97 Å². The van der Waals surface area contributed by atoms with Gasteiger partial charge in [0.2, 0.25) is 11.3 Å². The third-order valence-electron chi connectivity index (χ3n) is 1.21. The largest absolute Gasteiger partial charge is 0.468 e. The lowest BCUT2D eigenvalue weighted by atomic mass is 10.2. The Kier molecular flexibility index (Phi) is 4.98. The zero-order valence-electron chi connectivity index (χ0n) is 6.81. The van der Waals surface area contributed by atoms with E-state index in [4.69, 9.17) is 10.3 Å². The number of ether oxygens (including phenoxy) is 1. The average molecular weight is 196 g/mol. The first kappa shape index (κ1) is 11.5. The van der Waals surface area contributed by atoms with Crippen LogP contribution in [-0.4, -0.2) is 33.9 Å². The molecular weight excluding hydrogens is 184 g/mol. The molecular formula is C5H12N2O4S. The second kappa shape index (κ2) is 5.20. The van der Waals surface area contributed by atoms with E-state index in [1.54, 1.807) is 0 Å². The predicted octanol–water partition coefficient (Wildman–Crippen LogP) is -1.40. The van der Waals surface area contributed by atoms with Crippen LogP contribution in [0.3, 0.4) is 0 Å². The van der Waals surface area contributed by atoms with Crippen LogP contribution in [0.25, 0.3) is 0 Å². The van der Waals surface area contributed by atoms with Gasteiger partial charge in [0.15, 0.2) is 0 Å². The number of hydrogen-bond acceptors (Lipinski definition) is 4. The minimum atomic E-state index is -2.27. The molecule has 0 saturated heterocycles. The summed E-state index contributed by atoms with van der Waals surface area (Å²) in [6, 6.07) is -1.55. The highest BCUT2D eigenvalue weighted by molar-refractivity contribution is 7.77. The Morgan fingerprint density at radius 2 is 2.25 bits per heavy atom. The number of hydrogen-bond donors (Lipinski definition) is 3. The SMILES string of the molecule is COC(=O)C(NS(=O)O)C(C)N. The summed E-state index contributed by atoms with van der Waals surface area (Å²) in [4.78, 5) is 10.9. The summed E-state index contributed by atoms with van der Waals surface area (Å²) in [5, 5.41) is 0. The van der Waals surface area contributed by atoms with Crippen molar-refractivity contribution in [2.24, 2.45) is 5.73 Å². The quantitative estimate of drug-likeness (QED) is 0.379. The molecule has 0 spiro atoms. The van der Waals surface area contributed by atoms with Crippen molar-refractivity contribution >= 4 is 17.2 Å². The van der Waals surface area contributed by atoms with E-state index in [2.05, 4.69) is 9.46 Å². The van der Waals surface area contributed by atoms with Crippen molar-refractivity contribution in [3.8, 4) is 0 Å².